The van der Waals surface area contributed by atoms with E-state index in [4.69, 9.17) is 14.2 Å². The first kappa shape index (κ1) is 36.3. The van der Waals surface area contributed by atoms with Crippen LogP contribution in [0.3, 0.4) is 0 Å². The number of hydrogen-bond acceptors (Lipinski definition) is 5. The molecule has 1 spiro atoms. The highest BCUT2D eigenvalue weighted by Crippen LogP contribution is 2.44. The Morgan fingerprint density at radius 1 is 0.811 bits per heavy atom. The fraction of sp³-hybridized carbons (Fsp3) is 0.333. The van der Waals surface area contributed by atoms with Crippen molar-refractivity contribution < 1.29 is 28.2 Å². The number of carbonyl (C=O) groups excluding carboxylic acids is 2. The third kappa shape index (κ3) is 8.45. The SMILES string of the molecule is CC(C)c1c(C(=O)Nc2ccccc2)c(-c2ccccc2)c(-c2ccc(F)cc2)n1CC[C@@H]1C[C@H](CC(=O)Oc2ccccc2)OC2(CCCCC2)O1. The molecule has 2 fully saturated rings. The number of amides is 1. The Morgan fingerprint density at radius 2 is 1.43 bits per heavy atom. The summed E-state index contributed by atoms with van der Waals surface area (Å²) < 4.78 is 35.8. The molecule has 1 aliphatic heterocycles. The van der Waals surface area contributed by atoms with Gasteiger partial charge in [-0.25, -0.2) is 4.39 Å². The van der Waals surface area contributed by atoms with E-state index in [0.717, 1.165) is 60.2 Å². The zero-order chi connectivity index (χ0) is 36.8. The van der Waals surface area contributed by atoms with Gasteiger partial charge in [0, 0.05) is 42.8 Å². The number of benzene rings is 4. The van der Waals surface area contributed by atoms with E-state index in [1.165, 1.54) is 12.1 Å². The summed E-state index contributed by atoms with van der Waals surface area (Å²) in [4.78, 5) is 27.6. The van der Waals surface area contributed by atoms with Gasteiger partial charge in [0.05, 0.1) is 29.9 Å². The van der Waals surface area contributed by atoms with E-state index in [9.17, 15) is 14.0 Å². The number of halogens is 1. The van der Waals surface area contributed by atoms with E-state index in [0.29, 0.717) is 36.4 Å². The zero-order valence-electron chi connectivity index (χ0n) is 30.4. The number of hydrogen-bond donors (Lipinski definition) is 1. The molecule has 1 saturated heterocycles. The van der Waals surface area contributed by atoms with Crippen LogP contribution in [0.15, 0.2) is 115 Å². The summed E-state index contributed by atoms with van der Waals surface area (Å²) in [6, 6.07) is 35.0. The van der Waals surface area contributed by atoms with E-state index in [2.05, 4.69) is 23.7 Å². The summed E-state index contributed by atoms with van der Waals surface area (Å²) in [5.74, 6) is -1.14. The number of ether oxygens (including phenoxy) is 3. The zero-order valence-corrected chi connectivity index (χ0v) is 30.4. The van der Waals surface area contributed by atoms with E-state index in [1.807, 2.05) is 78.9 Å². The van der Waals surface area contributed by atoms with E-state index >= 15 is 0 Å². The van der Waals surface area contributed by atoms with Crippen molar-refractivity contribution in [3.63, 3.8) is 0 Å². The maximum atomic E-state index is 14.5. The maximum Gasteiger partial charge on any atom is 0.313 e. The molecule has 2 atom stereocenters. The lowest BCUT2D eigenvalue weighted by molar-refractivity contribution is -0.329. The molecule has 0 bridgehead atoms. The molecule has 7 nitrogen and oxygen atoms in total. The largest absolute Gasteiger partial charge is 0.426 e. The van der Waals surface area contributed by atoms with Gasteiger partial charge in [-0.2, -0.15) is 0 Å². The molecule has 1 amide bonds. The Bertz CT molecular complexity index is 1990. The maximum absolute atomic E-state index is 14.5. The van der Waals surface area contributed by atoms with Crippen LogP contribution in [0, 0.1) is 5.82 Å². The van der Waals surface area contributed by atoms with Gasteiger partial charge in [-0.3, -0.25) is 9.59 Å². The van der Waals surface area contributed by atoms with Crippen molar-refractivity contribution in [3.8, 4) is 28.1 Å². The van der Waals surface area contributed by atoms with Crippen LogP contribution in [-0.2, 0) is 20.8 Å². The average molecular weight is 715 g/mol. The highest BCUT2D eigenvalue weighted by Gasteiger charge is 2.44. The quantitative estimate of drug-likeness (QED) is 0.109. The summed E-state index contributed by atoms with van der Waals surface area (Å²) in [6.45, 7) is 4.73. The molecule has 5 aromatic rings. The van der Waals surface area contributed by atoms with Crippen LogP contribution in [-0.4, -0.2) is 34.4 Å². The first-order valence-corrected chi connectivity index (χ1v) is 18.8. The lowest BCUT2D eigenvalue weighted by Gasteiger charge is -2.46. The van der Waals surface area contributed by atoms with Crippen molar-refractivity contribution in [1.29, 1.82) is 0 Å². The van der Waals surface area contributed by atoms with Crippen molar-refractivity contribution >= 4 is 17.6 Å². The second-order valence-electron chi connectivity index (χ2n) is 14.4. The Hall–Kier alpha value is -5.05. The van der Waals surface area contributed by atoms with Gasteiger partial charge in [0.2, 0.25) is 0 Å². The minimum atomic E-state index is -0.744. The molecule has 0 unspecified atom stereocenters. The molecule has 0 radical (unpaired) electrons. The molecule has 1 aliphatic carbocycles. The number of rotatable bonds is 11. The fourth-order valence-electron chi connectivity index (χ4n) is 7.98. The second kappa shape index (κ2) is 16.3. The second-order valence-corrected chi connectivity index (χ2v) is 14.4. The monoisotopic (exact) mass is 714 g/mol. The van der Waals surface area contributed by atoms with Crippen LogP contribution in [0.25, 0.3) is 22.4 Å². The molecule has 1 saturated carbocycles. The molecule has 274 valence electrons. The molecule has 2 aliphatic rings. The standard InChI is InChI=1S/C45H47FN2O5/c1-31(2)42-41(44(50)47-35-17-9-4-10-18-35)40(32-15-7-3-8-16-32)43(33-21-23-34(46)24-22-33)48(42)28-25-37-29-38(53-45(52-37)26-13-6-14-27-45)30-39(49)51-36-19-11-5-12-20-36/h3-5,7-12,15-24,31,37-38H,6,13-14,25-30H2,1-2H3,(H,47,50)/t37-,38-/m1/s1. The first-order valence-electron chi connectivity index (χ1n) is 18.8. The molecule has 8 heteroatoms. The summed E-state index contributed by atoms with van der Waals surface area (Å²) in [5, 5.41) is 3.15. The summed E-state index contributed by atoms with van der Waals surface area (Å²) in [5.41, 5.74) is 5.53. The number of anilines is 1. The minimum Gasteiger partial charge on any atom is -0.426 e. The van der Waals surface area contributed by atoms with Crippen LogP contribution in [0.2, 0.25) is 0 Å². The van der Waals surface area contributed by atoms with Crippen LogP contribution < -0.4 is 10.1 Å². The smallest absolute Gasteiger partial charge is 0.313 e. The minimum absolute atomic E-state index is 0.0380. The number of nitrogens with zero attached hydrogens (tertiary/aromatic N) is 1. The molecule has 4 aromatic carbocycles. The molecule has 53 heavy (non-hydrogen) atoms. The van der Waals surface area contributed by atoms with E-state index in [-0.39, 0.29) is 42.2 Å². The molecular formula is C45H47FN2O5. The number of para-hydroxylation sites is 2. The number of nitrogens with one attached hydrogen (secondary N) is 1. The molecule has 7 rings (SSSR count). The van der Waals surface area contributed by atoms with Gasteiger partial charge in [-0.1, -0.05) is 87.0 Å². The van der Waals surface area contributed by atoms with Gasteiger partial charge in [-0.15, -0.1) is 0 Å². The van der Waals surface area contributed by atoms with E-state index < -0.39 is 5.79 Å². The number of carbonyl (C=O) groups is 2. The van der Waals surface area contributed by atoms with Crippen molar-refractivity contribution in [2.75, 3.05) is 5.32 Å². The van der Waals surface area contributed by atoms with Gasteiger partial charge < -0.3 is 24.1 Å². The number of aromatic nitrogens is 1. The van der Waals surface area contributed by atoms with Crippen LogP contribution in [0.1, 0.15) is 87.2 Å². The molecule has 1 N–H and O–H groups in total. The van der Waals surface area contributed by atoms with Gasteiger partial charge >= 0.3 is 5.97 Å². The lowest BCUT2D eigenvalue weighted by Crippen LogP contribution is -2.50. The molecular weight excluding hydrogens is 668 g/mol. The topological polar surface area (TPSA) is 78.8 Å². The highest BCUT2D eigenvalue weighted by atomic mass is 19.1. The van der Waals surface area contributed by atoms with Crippen LogP contribution >= 0.6 is 0 Å². The lowest BCUT2D eigenvalue weighted by atomic mass is 9.91. The Morgan fingerprint density at radius 3 is 2.09 bits per heavy atom. The predicted molar refractivity (Wildman–Crippen MR) is 205 cm³/mol. The molecule has 2 heterocycles. The van der Waals surface area contributed by atoms with E-state index in [1.54, 1.807) is 24.3 Å². The summed E-state index contributed by atoms with van der Waals surface area (Å²) in [7, 11) is 0. The van der Waals surface area contributed by atoms with Crippen molar-refractivity contribution in [1.82, 2.24) is 4.57 Å². The normalized spacial score (nSPS) is 18.2. The van der Waals surface area contributed by atoms with Crippen LogP contribution in [0.5, 0.6) is 5.75 Å². The first-order chi connectivity index (χ1) is 25.8. The third-order valence-electron chi connectivity index (χ3n) is 10.2. The predicted octanol–water partition coefficient (Wildman–Crippen LogP) is 10.6. The summed E-state index contributed by atoms with van der Waals surface area (Å²) >= 11 is 0. The fourth-order valence-corrected chi connectivity index (χ4v) is 7.98. The number of esters is 1. The Balaban J connectivity index is 1.27. The highest BCUT2D eigenvalue weighted by molar-refractivity contribution is 6.12. The van der Waals surface area contributed by atoms with Crippen molar-refractivity contribution in [3.05, 3.63) is 132 Å². The molecule has 1 aromatic heterocycles. The van der Waals surface area contributed by atoms with Gasteiger partial charge in [0.25, 0.3) is 5.91 Å². The van der Waals surface area contributed by atoms with Crippen LogP contribution in [0.4, 0.5) is 10.1 Å². The van der Waals surface area contributed by atoms with Crippen molar-refractivity contribution in [2.45, 2.75) is 95.7 Å². The van der Waals surface area contributed by atoms with Gasteiger partial charge in [0.1, 0.15) is 11.6 Å². The third-order valence-corrected chi connectivity index (χ3v) is 10.2. The average Bonchev–Trinajstić information content (AvgIpc) is 3.51. The Labute approximate surface area is 311 Å². The van der Waals surface area contributed by atoms with Crippen molar-refractivity contribution in [2.24, 2.45) is 0 Å². The summed E-state index contributed by atoms with van der Waals surface area (Å²) in [6.07, 6.45) is 5.37. The van der Waals surface area contributed by atoms with Gasteiger partial charge in [0.15, 0.2) is 5.79 Å². The van der Waals surface area contributed by atoms with Gasteiger partial charge in [-0.05, 0) is 84.8 Å². The Kier molecular flexibility index (Phi) is 11.2.